The lowest BCUT2D eigenvalue weighted by molar-refractivity contribution is -0.137. The van der Waals surface area contributed by atoms with Crippen LogP contribution in [0.2, 0.25) is 0 Å². The monoisotopic (exact) mass is 370 g/mol. The van der Waals surface area contributed by atoms with Gasteiger partial charge in [0.2, 0.25) is 6.10 Å². The molecule has 1 aliphatic heterocycles. The normalized spacial score (nSPS) is 16.2. The summed E-state index contributed by atoms with van der Waals surface area (Å²) in [5.74, 6) is 0.728. The largest absolute Gasteiger partial charge is 0.485 e. The van der Waals surface area contributed by atoms with Gasteiger partial charge in [0.15, 0.2) is 17.6 Å². The number of para-hydroxylation sites is 2. The Morgan fingerprint density at radius 2 is 1.81 bits per heavy atom. The van der Waals surface area contributed by atoms with Crippen LogP contribution in [-0.4, -0.2) is 30.6 Å². The van der Waals surface area contributed by atoms with E-state index in [1.165, 1.54) is 0 Å². The van der Waals surface area contributed by atoms with Crippen LogP contribution in [-0.2, 0) is 9.59 Å². The molecule has 0 bridgehead atoms. The number of ether oxygens (including phenoxy) is 3. The maximum atomic E-state index is 12.2. The van der Waals surface area contributed by atoms with Crippen LogP contribution in [0.5, 0.6) is 17.2 Å². The zero-order valence-electron chi connectivity index (χ0n) is 15.4. The van der Waals surface area contributed by atoms with Gasteiger partial charge >= 0.3 is 0 Å². The van der Waals surface area contributed by atoms with Crippen molar-refractivity contribution >= 4 is 11.8 Å². The number of aryl methyl sites for hydroxylation is 1. The van der Waals surface area contributed by atoms with Crippen LogP contribution < -0.4 is 25.1 Å². The third-order valence-corrected chi connectivity index (χ3v) is 4.34. The maximum absolute atomic E-state index is 12.2. The molecule has 1 aliphatic rings. The molecule has 142 valence electrons. The predicted molar refractivity (Wildman–Crippen MR) is 98.6 cm³/mol. The minimum absolute atomic E-state index is 0.0628. The lowest BCUT2D eigenvalue weighted by Gasteiger charge is -2.25. The fraction of sp³-hybridized carbons (Fsp3) is 0.300. The number of hydrazine groups is 1. The first-order valence-electron chi connectivity index (χ1n) is 8.67. The number of benzene rings is 2. The second kappa shape index (κ2) is 7.99. The van der Waals surface area contributed by atoms with Gasteiger partial charge in [0.25, 0.3) is 11.8 Å². The van der Waals surface area contributed by atoms with Crippen molar-refractivity contribution < 1.29 is 23.8 Å². The Morgan fingerprint density at radius 1 is 1.07 bits per heavy atom. The number of hydrogen-bond acceptors (Lipinski definition) is 5. The molecule has 0 fully saturated rings. The van der Waals surface area contributed by atoms with Gasteiger partial charge in [-0.1, -0.05) is 24.3 Å². The molecule has 0 unspecified atom stereocenters. The number of rotatable bonds is 4. The van der Waals surface area contributed by atoms with Gasteiger partial charge in [-0.3, -0.25) is 20.4 Å². The van der Waals surface area contributed by atoms with Crippen molar-refractivity contribution in [1.82, 2.24) is 10.9 Å². The summed E-state index contributed by atoms with van der Waals surface area (Å²) in [5, 5.41) is 0. The summed E-state index contributed by atoms with van der Waals surface area (Å²) < 4.78 is 16.8. The van der Waals surface area contributed by atoms with Crippen LogP contribution in [0, 0.1) is 13.8 Å². The summed E-state index contributed by atoms with van der Waals surface area (Å²) in [7, 11) is 0. The maximum Gasteiger partial charge on any atom is 0.283 e. The zero-order chi connectivity index (χ0) is 19.4. The molecule has 3 rings (SSSR count). The van der Waals surface area contributed by atoms with Crippen LogP contribution in [0.25, 0.3) is 0 Å². The van der Waals surface area contributed by atoms with Gasteiger partial charge in [-0.2, -0.15) is 0 Å². The van der Waals surface area contributed by atoms with E-state index in [0.717, 1.165) is 11.1 Å². The third kappa shape index (κ3) is 4.31. The standard InChI is InChI=1S/C20H22N2O5/c1-12-7-6-10-15(13(12)2)26-14(3)19(23)21-22-20(24)18-11-25-16-8-4-5-9-17(16)27-18/h4-10,14,18H,11H2,1-3H3,(H,21,23)(H,22,24)/t14-,18+/m0/s1. The van der Waals surface area contributed by atoms with E-state index in [0.29, 0.717) is 17.2 Å². The highest BCUT2D eigenvalue weighted by molar-refractivity contribution is 5.87. The Bertz CT molecular complexity index is 852. The van der Waals surface area contributed by atoms with Gasteiger partial charge in [-0.15, -0.1) is 0 Å². The number of nitrogens with one attached hydrogen (secondary N) is 2. The molecule has 0 aromatic heterocycles. The van der Waals surface area contributed by atoms with E-state index in [4.69, 9.17) is 14.2 Å². The molecule has 0 aliphatic carbocycles. The summed E-state index contributed by atoms with van der Waals surface area (Å²) >= 11 is 0. The van der Waals surface area contributed by atoms with Gasteiger partial charge in [-0.25, -0.2) is 0 Å². The SMILES string of the molecule is Cc1cccc(O[C@@H](C)C(=O)NNC(=O)[C@H]2COc3ccccc3O2)c1C. The van der Waals surface area contributed by atoms with E-state index in [1.54, 1.807) is 31.2 Å². The number of carbonyl (C=O) groups is 2. The Labute approximate surface area is 157 Å². The average molecular weight is 370 g/mol. The van der Waals surface area contributed by atoms with Gasteiger partial charge in [0, 0.05) is 0 Å². The van der Waals surface area contributed by atoms with Crippen molar-refractivity contribution in [1.29, 1.82) is 0 Å². The van der Waals surface area contributed by atoms with E-state index in [1.807, 2.05) is 32.0 Å². The van der Waals surface area contributed by atoms with Gasteiger partial charge in [-0.05, 0) is 50.1 Å². The lowest BCUT2D eigenvalue weighted by atomic mass is 10.1. The minimum atomic E-state index is -0.851. The Morgan fingerprint density at radius 3 is 2.59 bits per heavy atom. The number of hydrogen-bond donors (Lipinski definition) is 2. The van der Waals surface area contributed by atoms with Gasteiger partial charge in [0.05, 0.1) is 0 Å². The second-order valence-corrected chi connectivity index (χ2v) is 6.30. The topological polar surface area (TPSA) is 85.9 Å². The molecule has 1 heterocycles. The average Bonchev–Trinajstić information content (AvgIpc) is 2.68. The fourth-order valence-electron chi connectivity index (χ4n) is 2.55. The van der Waals surface area contributed by atoms with Crippen molar-refractivity contribution in [3.63, 3.8) is 0 Å². The minimum Gasteiger partial charge on any atom is -0.485 e. The zero-order valence-corrected chi connectivity index (χ0v) is 15.4. The summed E-state index contributed by atoms with van der Waals surface area (Å²) in [6.07, 6.45) is -1.63. The number of amides is 2. The molecule has 2 N–H and O–H groups in total. The fourth-order valence-corrected chi connectivity index (χ4v) is 2.55. The first kappa shape index (κ1) is 18.6. The predicted octanol–water partition coefficient (Wildman–Crippen LogP) is 2.06. The first-order valence-corrected chi connectivity index (χ1v) is 8.67. The molecule has 0 radical (unpaired) electrons. The summed E-state index contributed by atoms with van der Waals surface area (Å²) in [4.78, 5) is 24.4. The molecule has 2 aromatic rings. The quantitative estimate of drug-likeness (QED) is 0.805. The van der Waals surface area contributed by atoms with E-state index < -0.39 is 24.0 Å². The molecule has 7 heteroatoms. The van der Waals surface area contributed by atoms with Crippen LogP contribution in [0.3, 0.4) is 0 Å². The van der Waals surface area contributed by atoms with E-state index in [2.05, 4.69) is 10.9 Å². The summed E-state index contributed by atoms with van der Waals surface area (Å²) in [6, 6.07) is 12.7. The van der Waals surface area contributed by atoms with Gasteiger partial charge in [0.1, 0.15) is 12.4 Å². The lowest BCUT2D eigenvalue weighted by Crippen LogP contribution is -2.53. The Hall–Kier alpha value is -3.22. The molecule has 0 spiro atoms. The molecule has 7 nitrogen and oxygen atoms in total. The third-order valence-electron chi connectivity index (χ3n) is 4.34. The highest BCUT2D eigenvalue weighted by Crippen LogP contribution is 2.30. The molecular formula is C20H22N2O5. The van der Waals surface area contributed by atoms with Crippen molar-refractivity contribution in [3.05, 3.63) is 53.6 Å². The van der Waals surface area contributed by atoms with Crippen LogP contribution in [0.15, 0.2) is 42.5 Å². The number of fused-ring (bicyclic) bond motifs is 1. The highest BCUT2D eigenvalue weighted by atomic mass is 16.6. The molecule has 27 heavy (non-hydrogen) atoms. The molecule has 0 saturated carbocycles. The molecule has 2 amide bonds. The smallest absolute Gasteiger partial charge is 0.283 e. The van der Waals surface area contributed by atoms with E-state index >= 15 is 0 Å². The van der Waals surface area contributed by atoms with E-state index in [9.17, 15) is 9.59 Å². The Balaban J connectivity index is 1.51. The summed E-state index contributed by atoms with van der Waals surface area (Å²) in [6.45, 7) is 5.57. The van der Waals surface area contributed by atoms with Crippen molar-refractivity contribution in [2.45, 2.75) is 33.0 Å². The van der Waals surface area contributed by atoms with Crippen molar-refractivity contribution in [3.8, 4) is 17.2 Å². The van der Waals surface area contributed by atoms with Gasteiger partial charge < -0.3 is 14.2 Å². The van der Waals surface area contributed by atoms with Crippen LogP contribution in [0.4, 0.5) is 0 Å². The van der Waals surface area contributed by atoms with Crippen LogP contribution in [0.1, 0.15) is 18.1 Å². The second-order valence-electron chi connectivity index (χ2n) is 6.30. The summed E-state index contributed by atoms with van der Waals surface area (Å²) in [5.41, 5.74) is 6.75. The van der Waals surface area contributed by atoms with Crippen molar-refractivity contribution in [2.75, 3.05) is 6.61 Å². The van der Waals surface area contributed by atoms with Crippen molar-refractivity contribution in [2.24, 2.45) is 0 Å². The molecule has 2 atom stereocenters. The van der Waals surface area contributed by atoms with E-state index in [-0.39, 0.29) is 6.61 Å². The molecule has 2 aromatic carbocycles. The molecule has 0 saturated heterocycles. The number of carbonyl (C=O) groups excluding carboxylic acids is 2. The molecular weight excluding hydrogens is 348 g/mol. The van der Waals surface area contributed by atoms with Crippen LogP contribution >= 0.6 is 0 Å². The highest BCUT2D eigenvalue weighted by Gasteiger charge is 2.28. The first-order chi connectivity index (χ1) is 13.0. The Kier molecular flexibility index (Phi) is 5.49.